The number of benzene rings is 1. The summed E-state index contributed by atoms with van der Waals surface area (Å²) in [5.41, 5.74) is 0.758. The highest BCUT2D eigenvalue weighted by molar-refractivity contribution is 7.89. The maximum Gasteiger partial charge on any atom is 0.245 e. The summed E-state index contributed by atoms with van der Waals surface area (Å²) >= 11 is 6.24. The predicted molar refractivity (Wildman–Crippen MR) is 91.5 cm³/mol. The van der Waals surface area contributed by atoms with E-state index in [1.807, 2.05) is 6.92 Å². The Labute approximate surface area is 155 Å². The van der Waals surface area contributed by atoms with Crippen LogP contribution in [0.5, 0.6) is 5.75 Å². The van der Waals surface area contributed by atoms with E-state index in [-0.39, 0.29) is 34.9 Å². The molecule has 2 aliphatic heterocycles. The minimum absolute atomic E-state index is 0.0456. The van der Waals surface area contributed by atoms with Gasteiger partial charge in [0.1, 0.15) is 17.9 Å². The van der Waals surface area contributed by atoms with E-state index < -0.39 is 22.2 Å². The summed E-state index contributed by atoms with van der Waals surface area (Å²) in [4.78, 5) is 4.19. The van der Waals surface area contributed by atoms with Gasteiger partial charge in [-0.1, -0.05) is 16.8 Å². The Morgan fingerprint density at radius 2 is 2.15 bits per heavy atom. The first-order valence-corrected chi connectivity index (χ1v) is 10.1. The molecule has 2 aromatic rings. The number of aliphatic hydroxyl groups excluding tert-OH is 1. The quantitative estimate of drug-likeness (QED) is 0.839. The van der Waals surface area contributed by atoms with Gasteiger partial charge in [-0.25, -0.2) is 8.42 Å². The third kappa shape index (κ3) is 2.88. The molecule has 0 aliphatic carbocycles. The van der Waals surface area contributed by atoms with Crippen molar-refractivity contribution in [3.8, 4) is 5.75 Å². The lowest BCUT2D eigenvalue weighted by Crippen LogP contribution is -2.32. The lowest BCUT2D eigenvalue weighted by atomic mass is 10.1. The third-order valence-electron chi connectivity index (χ3n) is 4.59. The van der Waals surface area contributed by atoms with Gasteiger partial charge >= 0.3 is 0 Å². The van der Waals surface area contributed by atoms with Crippen molar-refractivity contribution in [2.45, 2.75) is 49.8 Å². The Bertz CT molecular complexity index is 961. The molecule has 4 rings (SSSR count). The van der Waals surface area contributed by atoms with Crippen molar-refractivity contribution in [1.29, 1.82) is 0 Å². The van der Waals surface area contributed by atoms with Crippen LogP contribution < -0.4 is 4.74 Å². The number of sulfonamides is 1. The van der Waals surface area contributed by atoms with Crippen LogP contribution in [-0.4, -0.2) is 46.7 Å². The van der Waals surface area contributed by atoms with Crippen LogP contribution in [-0.2, 0) is 16.4 Å². The average molecular weight is 400 g/mol. The number of aryl methyl sites for hydroxylation is 1. The van der Waals surface area contributed by atoms with Gasteiger partial charge in [0.05, 0.1) is 16.0 Å². The van der Waals surface area contributed by atoms with Crippen molar-refractivity contribution in [3.05, 3.63) is 34.4 Å². The molecule has 0 amide bonds. The van der Waals surface area contributed by atoms with Crippen molar-refractivity contribution < 1.29 is 22.8 Å². The van der Waals surface area contributed by atoms with Crippen LogP contribution in [0.1, 0.15) is 36.7 Å². The lowest BCUT2D eigenvalue weighted by molar-refractivity contribution is 0.188. The highest BCUT2D eigenvalue weighted by Gasteiger charge is 2.43. The van der Waals surface area contributed by atoms with E-state index in [2.05, 4.69) is 10.1 Å². The summed E-state index contributed by atoms with van der Waals surface area (Å²) in [5.74, 6) is 1.11. The molecular formula is C16H18ClN3O5S. The Morgan fingerprint density at radius 3 is 2.85 bits per heavy atom. The molecule has 0 spiro atoms. The first-order chi connectivity index (χ1) is 12.3. The summed E-state index contributed by atoms with van der Waals surface area (Å²) in [6.45, 7) is 3.50. The van der Waals surface area contributed by atoms with Crippen LogP contribution in [0.4, 0.5) is 0 Å². The SMILES string of the molecule is Cc1noc([C@H]2C[C@H](O)CN2S(=O)(=O)c2cc(Cl)c3c(c2)CC(C)O3)n1. The molecule has 0 radical (unpaired) electrons. The molecule has 0 saturated carbocycles. The molecule has 1 fully saturated rings. The van der Waals surface area contributed by atoms with Gasteiger partial charge in [-0.05, 0) is 26.0 Å². The minimum atomic E-state index is -3.92. The minimum Gasteiger partial charge on any atom is -0.489 e. The van der Waals surface area contributed by atoms with E-state index in [1.54, 1.807) is 13.0 Å². The molecule has 1 saturated heterocycles. The zero-order valence-electron chi connectivity index (χ0n) is 14.2. The smallest absolute Gasteiger partial charge is 0.245 e. The second-order valence-electron chi connectivity index (χ2n) is 6.69. The molecular weight excluding hydrogens is 382 g/mol. The topological polar surface area (TPSA) is 106 Å². The number of halogens is 1. The van der Waals surface area contributed by atoms with Gasteiger partial charge in [0.25, 0.3) is 0 Å². The Hall–Kier alpha value is -1.68. The second-order valence-corrected chi connectivity index (χ2v) is 8.98. The van der Waals surface area contributed by atoms with Gasteiger partial charge < -0.3 is 14.4 Å². The molecule has 140 valence electrons. The monoisotopic (exact) mass is 399 g/mol. The van der Waals surface area contributed by atoms with Gasteiger partial charge in [-0.2, -0.15) is 9.29 Å². The number of aromatic nitrogens is 2. The number of rotatable bonds is 3. The molecule has 26 heavy (non-hydrogen) atoms. The molecule has 1 N–H and O–H groups in total. The van der Waals surface area contributed by atoms with Crippen LogP contribution in [0.2, 0.25) is 5.02 Å². The maximum absolute atomic E-state index is 13.2. The van der Waals surface area contributed by atoms with Gasteiger partial charge in [-0.15, -0.1) is 0 Å². The first-order valence-electron chi connectivity index (χ1n) is 8.25. The van der Waals surface area contributed by atoms with Gasteiger partial charge in [0, 0.05) is 24.9 Å². The molecule has 0 bridgehead atoms. The van der Waals surface area contributed by atoms with Gasteiger partial charge in [0.2, 0.25) is 15.9 Å². The molecule has 8 nitrogen and oxygen atoms in total. The van der Waals surface area contributed by atoms with Crippen LogP contribution in [0.3, 0.4) is 0 Å². The van der Waals surface area contributed by atoms with Crippen molar-refractivity contribution in [2.24, 2.45) is 0 Å². The van der Waals surface area contributed by atoms with Crippen molar-refractivity contribution in [1.82, 2.24) is 14.4 Å². The zero-order valence-corrected chi connectivity index (χ0v) is 15.8. The van der Waals surface area contributed by atoms with Gasteiger partial charge in [0.15, 0.2) is 5.82 Å². The zero-order chi connectivity index (χ0) is 18.6. The van der Waals surface area contributed by atoms with Crippen LogP contribution >= 0.6 is 11.6 Å². The summed E-state index contributed by atoms with van der Waals surface area (Å²) in [6.07, 6.45) is -0.0779. The van der Waals surface area contributed by atoms with E-state index in [4.69, 9.17) is 20.9 Å². The number of hydrogen-bond donors (Lipinski definition) is 1. The standard InChI is InChI=1S/C16H18ClN3O5S/c1-8-3-10-4-12(6-13(17)15(10)24-8)26(22,23)20-7-11(21)5-14(20)16-18-9(2)19-25-16/h4,6,8,11,14,21H,3,5,7H2,1-2H3/t8?,11-,14+/m0/s1. The third-order valence-corrected chi connectivity index (χ3v) is 6.72. The van der Waals surface area contributed by atoms with Crippen molar-refractivity contribution in [2.75, 3.05) is 6.54 Å². The molecule has 2 aliphatic rings. The molecule has 3 atom stereocenters. The Kier molecular flexibility index (Phi) is 4.22. The summed E-state index contributed by atoms with van der Waals surface area (Å²) in [6, 6.07) is 2.26. The summed E-state index contributed by atoms with van der Waals surface area (Å²) in [7, 11) is -3.92. The number of aliphatic hydroxyl groups is 1. The first kappa shape index (κ1) is 17.7. The number of β-amino-alcohol motifs (C(OH)–C–C–N with tert-alkyl or cyclic N) is 1. The van der Waals surface area contributed by atoms with Crippen molar-refractivity contribution in [3.63, 3.8) is 0 Å². The Morgan fingerprint density at radius 1 is 1.38 bits per heavy atom. The number of nitrogens with zero attached hydrogens (tertiary/aromatic N) is 3. The lowest BCUT2D eigenvalue weighted by Gasteiger charge is -2.21. The van der Waals surface area contributed by atoms with Crippen LogP contribution in [0.15, 0.2) is 21.6 Å². The van der Waals surface area contributed by atoms with Crippen molar-refractivity contribution >= 4 is 21.6 Å². The summed E-state index contributed by atoms with van der Waals surface area (Å²) < 4.78 is 38.4. The predicted octanol–water partition coefficient (Wildman–Crippen LogP) is 1.85. The summed E-state index contributed by atoms with van der Waals surface area (Å²) in [5, 5.41) is 14.0. The highest BCUT2D eigenvalue weighted by Crippen LogP contribution is 2.41. The van der Waals surface area contributed by atoms with Crippen LogP contribution in [0.25, 0.3) is 0 Å². The van der Waals surface area contributed by atoms with E-state index in [0.717, 1.165) is 5.56 Å². The fraction of sp³-hybridized carbons (Fsp3) is 0.500. The molecule has 1 aromatic heterocycles. The van der Waals surface area contributed by atoms with E-state index in [0.29, 0.717) is 18.0 Å². The number of ether oxygens (including phenoxy) is 1. The van der Waals surface area contributed by atoms with Gasteiger partial charge in [-0.3, -0.25) is 0 Å². The molecule has 10 heteroatoms. The van der Waals surface area contributed by atoms with E-state index in [9.17, 15) is 13.5 Å². The largest absolute Gasteiger partial charge is 0.489 e. The number of fused-ring (bicyclic) bond motifs is 1. The normalized spacial score (nSPS) is 26.1. The fourth-order valence-corrected chi connectivity index (χ4v) is 5.52. The molecule has 1 unspecified atom stereocenters. The molecule has 1 aromatic carbocycles. The van der Waals surface area contributed by atoms with E-state index in [1.165, 1.54) is 10.4 Å². The fourth-order valence-electron chi connectivity index (χ4n) is 3.47. The highest BCUT2D eigenvalue weighted by atomic mass is 35.5. The average Bonchev–Trinajstić information content (AvgIpc) is 3.25. The second kappa shape index (κ2) is 6.19. The maximum atomic E-state index is 13.2. The number of hydrogen-bond acceptors (Lipinski definition) is 7. The Balaban J connectivity index is 1.74. The van der Waals surface area contributed by atoms with E-state index >= 15 is 0 Å². The molecule has 3 heterocycles. The van der Waals surface area contributed by atoms with Crippen LogP contribution in [0, 0.1) is 6.92 Å².